The first-order valence-corrected chi connectivity index (χ1v) is 17.2. The summed E-state index contributed by atoms with van der Waals surface area (Å²) in [6, 6.07) is -0.333. The van der Waals surface area contributed by atoms with Gasteiger partial charge in [0.15, 0.2) is 23.1 Å². The number of nitrogens with one attached hydrogen (secondary N) is 4. The van der Waals surface area contributed by atoms with Crippen molar-refractivity contribution in [2.45, 2.75) is 69.7 Å². The van der Waals surface area contributed by atoms with E-state index in [9.17, 15) is 44.4 Å². The van der Waals surface area contributed by atoms with Gasteiger partial charge in [-0.05, 0) is 78.1 Å². The highest BCUT2D eigenvalue weighted by Crippen LogP contribution is 2.53. The van der Waals surface area contributed by atoms with Gasteiger partial charge in [0.05, 0.1) is 23.8 Å². The second-order valence-corrected chi connectivity index (χ2v) is 15.1. The number of aliphatic carboxylic acids is 1. The molecule has 0 saturated carbocycles. The van der Waals surface area contributed by atoms with Crippen molar-refractivity contribution in [1.29, 1.82) is 5.41 Å². The molecule has 0 saturated heterocycles. The summed E-state index contributed by atoms with van der Waals surface area (Å²) in [4.78, 5) is 65.8. The van der Waals surface area contributed by atoms with Gasteiger partial charge in [-0.1, -0.05) is 0 Å². The van der Waals surface area contributed by atoms with E-state index in [4.69, 9.17) is 27.7 Å². The van der Waals surface area contributed by atoms with Crippen molar-refractivity contribution in [1.82, 2.24) is 15.5 Å². The average Bonchev–Trinajstić information content (AvgIpc) is 3.04. The number of phenols is 1. The Balaban J connectivity index is 0.000000562. The molecule has 54 heavy (non-hydrogen) atoms. The standard InChI is InChI=1S/C29H39N5O8.C6H14N4O2/c1-28(2,3)31-11-17(35)32-15-10-16(33(4)5)13-8-12-9-14-21(34(6)7)24(38)20(27(30)41)26(40)29(14,42)25(39)18(12)23(37)19(13)22(15)36;7-4(5(11)12)2-1-3-10-6(8)9/h10,12,14,21,31,36,38-39,42H,8-9,11H2,1-7H3,(H2,30,41)(H,32,35);4H,1-3,7H2,(H,11,12)(H4,8,9,10)/t12-,14-,21-,29-;/m0./s1. The molecule has 2 amide bonds. The maximum atomic E-state index is 14.1. The van der Waals surface area contributed by atoms with Gasteiger partial charge in [-0.25, -0.2) is 0 Å². The van der Waals surface area contributed by atoms with E-state index < -0.39 is 81.7 Å². The molecule has 4 rings (SSSR count). The van der Waals surface area contributed by atoms with Crippen LogP contribution in [-0.4, -0.2) is 130 Å². The van der Waals surface area contributed by atoms with Crippen LogP contribution in [0.3, 0.4) is 0 Å². The lowest BCUT2D eigenvalue weighted by molar-refractivity contribution is -0.148. The van der Waals surface area contributed by atoms with Gasteiger partial charge in [0.1, 0.15) is 23.1 Å². The number of aliphatic hydroxyl groups excluding tert-OH is 2. The number of carbonyl (C=O) groups excluding carboxylic acids is 4. The number of carboxylic acids is 1. The summed E-state index contributed by atoms with van der Waals surface area (Å²) in [5.74, 6) is -8.91. The number of nitrogens with two attached hydrogens (primary N) is 3. The lowest BCUT2D eigenvalue weighted by atomic mass is 9.58. The number of aliphatic hydroxyl groups is 3. The minimum absolute atomic E-state index is 0.0175. The minimum atomic E-state index is -2.73. The molecule has 3 aliphatic rings. The number of carbonyl (C=O) groups is 5. The fourth-order valence-corrected chi connectivity index (χ4v) is 7.00. The summed E-state index contributed by atoms with van der Waals surface area (Å²) in [5, 5.41) is 68.8. The van der Waals surface area contributed by atoms with Gasteiger partial charge < -0.3 is 63.6 Å². The van der Waals surface area contributed by atoms with Crippen LogP contribution in [0, 0.1) is 17.2 Å². The summed E-state index contributed by atoms with van der Waals surface area (Å²) in [6.45, 7) is 6.09. The molecular weight excluding hydrogens is 706 g/mol. The zero-order valence-corrected chi connectivity index (χ0v) is 31.5. The molecule has 0 radical (unpaired) electrons. The third-order valence-corrected chi connectivity index (χ3v) is 9.56. The van der Waals surface area contributed by atoms with Gasteiger partial charge >= 0.3 is 5.97 Å². The fourth-order valence-electron chi connectivity index (χ4n) is 7.00. The highest BCUT2D eigenvalue weighted by Gasteiger charge is 2.63. The Morgan fingerprint density at radius 1 is 1.09 bits per heavy atom. The summed E-state index contributed by atoms with van der Waals surface area (Å²) >= 11 is 0. The van der Waals surface area contributed by atoms with Crippen molar-refractivity contribution >= 4 is 46.7 Å². The monoisotopic (exact) mass is 759 g/mol. The van der Waals surface area contributed by atoms with Gasteiger partial charge in [0.2, 0.25) is 11.7 Å². The number of fused-ring (bicyclic) bond motifs is 3. The van der Waals surface area contributed by atoms with E-state index in [1.807, 2.05) is 20.8 Å². The first-order chi connectivity index (χ1) is 24.9. The number of hydrogen-bond donors (Lipinski definition) is 12. The molecule has 0 bridgehead atoms. The quantitative estimate of drug-likeness (QED) is 0.0431. The molecule has 15 N–H and O–H groups in total. The van der Waals surface area contributed by atoms with Crippen LogP contribution in [0.1, 0.15) is 56.0 Å². The molecule has 0 aliphatic heterocycles. The number of primary amides is 1. The number of rotatable bonds is 11. The van der Waals surface area contributed by atoms with Crippen LogP contribution in [0.15, 0.2) is 28.7 Å². The number of likely N-dealkylation sites (N-methyl/N-ethyl adjacent to an activating group) is 1. The number of hydrogen-bond acceptors (Lipinski definition) is 14. The first kappa shape index (κ1) is 43.2. The summed E-state index contributed by atoms with van der Waals surface area (Å²) in [7, 11) is 6.62. The molecule has 19 nitrogen and oxygen atoms in total. The summed E-state index contributed by atoms with van der Waals surface area (Å²) in [6.07, 6.45) is 1.09. The van der Waals surface area contributed by atoms with Gasteiger partial charge in [-0.2, -0.15) is 0 Å². The molecule has 1 aromatic rings. The third kappa shape index (κ3) is 8.75. The number of phenolic OH excluding ortho intramolecular Hbond substituents is 1. The van der Waals surface area contributed by atoms with Crippen LogP contribution < -0.4 is 38.1 Å². The number of guanidine groups is 1. The van der Waals surface area contributed by atoms with Crippen molar-refractivity contribution < 1.29 is 49.5 Å². The number of Topliss-reactive ketones (excluding diaryl/α,β-unsaturated/α-hetero) is 2. The SMILES string of the molecule is CN(C)c1cc(NC(=O)CNC(C)(C)C)c(O)c2c1C[C@H]1C[C@H]3[C@H](N(C)C)C(O)=C(C(N)=O)C(=O)[C@@]3(O)C(O)=C1C2=O.N=C(N)NCCCC(N)C(=O)O. The van der Waals surface area contributed by atoms with E-state index >= 15 is 0 Å². The van der Waals surface area contributed by atoms with E-state index in [1.54, 1.807) is 39.2 Å². The number of anilines is 2. The van der Waals surface area contributed by atoms with Crippen molar-refractivity contribution in [3.05, 3.63) is 39.9 Å². The number of ketones is 2. The molecule has 298 valence electrons. The van der Waals surface area contributed by atoms with Crippen LogP contribution in [0.25, 0.3) is 0 Å². The molecule has 0 fully saturated rings. The van der Waals surface area contributed by atoms with E-state index in [0.717, 1.165) is 0 Å². The average molecular weight is 760 g/mol. The molecule has 0 aromatic heterocycles. The highest BCUT2D eigenvalue weighted by atomic mass is 16.4. The molecule has 0 spiro atoms. The predicted octanol–water partition coefficient (Wildman–Crippen LogP) is -0.825. The number of aromatic hydroxyl groups is 1. The largest absolute Gasteiger partial charge is 0.510 e. The van der Waals surface area contributed by atoms with Gasteiger partial charge in [-0.15, -0.1) is 0 Å². The van der Waals surface area contributed by atoms with Gasteiger partial charge in [-0.3, -0.25) is 34.3 Å². The number of allylic oxidation sites excluding steroid dienone is 1. The first-order valence-electron chi connectivity index (χ1n) is 17.2. The van der Waals surface area contributed by atoms with Crippen LogP contribution in [-0.2, 0) is 25.6 Å². The second kappa shape index (κ2) is 16.4. The Morgan fingerprint density at radius 2 is 1.70 bits per heavy atom. The topological polar surface area (TPSA) is 331 Å². The summed E-state index contributed by atoms with van der Waals surface area (Å²) < 4.78 is 0. The normalized spacial score (nSPS) is 22.7. The highest BCUT2D eigenvalue weighted by molar-refractivity contribution is 6.25. The second-order valence-electron chi connectivity index (χ2n) is 15.1. The lowest BCUT2D eigenvalue weighted by Gasteiger charge is -2.50. The van der Waals surface area contributed by atoms with Crippen molar-refractivity contribution in [3.8, 4) is 5.75 Å². The van der Waals surface area contributed by atoms with Crippen LogP contribution in [0.4, 0.5) is 11.4 Å². The predicted molar refractivity (Wildman–Crippen MR) is 199 cm³/mol. The Morgan fingerprint density at radius 3 is 2.20 bits per heavy atom. The Kier molecular flexibility index (Phi) is 13.1. The number of nitrogens with zero attached hydrogens (tertiary/aromatic N) is 2. The van der Waals surface area contributed by atoms with Gasteiger partial charge in [0.25, 0.3) is 5.91 Å². The van der Waals surface area contributed by atoms with Crippen LogP contribution in [0.5, 0.6) is 5.75 Å². The molecule has 5 atom stereocenters. The molecule has 3 aliphatic carbocycles. The molecular formula is C35H53N9O10. The molecule has 0 heterocycles. The zero-order valence-electron chi connectivity index (χ0n) is 31.5. The smallest absolute Gasteiger partial charge is 0.320 e. The van der Waals surface area contributed by atoms with E-state index in [2.05, 4.69) is 16.0 Å². The lowest BCUT2D eigenvalue weighted by Crippen LogP contribution is -2.63. The van der Waals surface area contributed by atoms with Gasteiger partial charge in [0, 0.05) is 43.4 Å². The number of benzene rings is 1. The summed E-state index contributed by atoms with van der Waals surface area (Å²) in [5.41, 5.74) is 12.2. The third-order valence-electron chi connectivity index (χ3n) is 9.56. The van der Waals surface area contributed by atoms with E-state index in [-0.39, 0.29) is 47.7 Å². The fraction of sp³-hybridized carbons (Fsp3) is 0.543. The van der Waals surface area contributed by atoms with Crippen molar-refractivity contribution in [2.75, 3.05) is 51.5 Å². The zero-order chi connectivity index (χ0) is 41.2. The Hall–Kier alpha value is -5.24. The number of amides is 2. The van der Waals surface area contributed by atoms with Crippen molar-refractivity contribution in [3.63, 3.8) is 0 Å². The van der Waals surface area contributed by atoms with Crippen LogP contribution in [0.2, 0.25) is 0 Å². The Bertz CT molecular complexity index is 1780. The van der Waals surface area contributed by atoms with E-state index in [0.29, 0.717) is 30.6 Å². The maximum Gasteiger partial charge on any atom is 0.320 e. The van der Waals surface area contributed by atoms with Crippen LogP contribution >= 0.6 is 0 Å². The molecule has 19 heteroatoms. The molecule has 1 unspecified atom stereocenters. The number of carboxylic acid groups (broad SMARTS) is 1. The molecule has 1 aromatic carbocycles. The Labute approximate surface area is 312 Å². The minimum Gasteiger partial charge on any atom is -0.510 e. The van der Waals surface area contributed by atoms with Crippen molar-refractivity contribution in [2.24, 2.45) is 29.0 Å². The van der Waals surface area contributed by atoms with E-state index in [1.165, 1.54) is 4.90 Å². The maximum absolute atomic E-state index is 14.1.